The molecule has 0 saturated heterocycles. The molecule has 2 heterocycles. The molecule has 0 radical (unpaired) electrons. The summed E-state index contributed by atoms with van der Waals surface area (Å²) in [4.78, 5) is 16.0. The molecule has 1 aliphatic rings. The number of imidazole rings is 1. The van der Waals surface area contributed by atoms with Crippen LogP contribution in [0.15, 0.2) is 43.1 Å². The lowest BCUT2D eigenvalue weighted by Gasteiger charge is -2.18. The molecule has 3 aromatic rings. The number of fused-ring (bicyclic) bond motifs is 1. The molecule has 4 rings (SSSR count). The Morgan fingerprint density at radius 1 is 1.04 bits per heavy atom. The third-order valence-electron chi connectivity index (χ3n) is 4.35. The number of nitrogens with one attached hydrogen (secondary N) is 2. The van der Waals surface area contributed by atoms with Crippen LogP contribution in [0.3, 0.4) is 0 Å². The van der Waals surface area contributed by atoms with Gasteiger partial charge in [-0.3, -0.25) is 0 Å². The number of rotatable bonds is 4. The highest BCUT2D eigenvalue weighted by Gasteiger charge is 2.15. The fourth-order valence-corrected chi connectivity index (χ4v) is 3.08. The van der Waals surface area contributed by atoms with E-state index in [0.717, 1.165) is 36.5 Å². The summed E-state index contributed by atoms with van der Waals surface area (Å²) >= 11 is 0. The summed E-state index contributed by atoms with van der Waals surface area (Å²) in [6.45, 7) is 0.771. The number of aryl methyl sites for hydroxylation is 1. The normalized spacial score (nSPS) is 13.6. The van der Waals surface area contributed by atoms with Gasteiger partial charge in [0.25, 0.3) is 0 Å². The van der Waals surface area contributed by atoms with Crippen molar-refractivity contribution in [2.24, 2.45) is 0 Å². The molecule has 0 fully saturated rings. The number of aromatic amines is 1. The molecule has 2 N–H and O–H groups in total. The van der Waals surface area contributed by atoms with Crippen molar-refractivity contribution in [3.8, 4) is 11.3 Å². The summed E-state index contributed by atoms with van der Waals surface area (Å²) in [7, 11) is 0. The molecule has 2 aromatic heterocycles. The summed E-state index contributed by atoms with van der Waals surface area (Å²) < 4.78 is 0. The maximum atomic E-state index is 4.43. The minimum atomic E-state index is 0.771. The molecule has 0 saturated carbocycles. The van der Waals surface area contributed by atoms with Gasteiger partial charge in [-0.1, -0.05) is 24.3 Å². The zero-order valence-corrected chi connectivity index (χ0v) is 12.9. The molecule has 1 aromatic carbocycles. The van der Waals surface area contributed by atoms with Crippen LogP contribution in [0.2, 0.25) is 0 Å². The van der Waals surface area contributed by atoms with E-state index in [2.05, 4.69) is 49.5 Å². The summed E-state index contributed by atoms with van der Waals surface area (Å²) in [5, 5.41) is 3.47. The standard InChI is InChI=1S/C18H19N5/c1-2-4-16-15(3-1)18(23-12-22-16)20-9-13-5-7-14(8-6-13)17-10-19-11-21-17/h5-8,10-12H,1-4,9H2,(H,19,21)(H,20,22,23). The third-order valence-corrected chi connectivity index (χ3v) is 4.35. The third kappa shape index (κ3) is 2.95. The predicted molar refractivity (Wildman–Crippen MR) is 90.0 cm³/mol. The van der Waals surface area contributed by atoms with E-state index in [4.69, 9.17) is 0 Å². The van der Waals surface area contributed by atoms with E-state index in [1.807, 2.05) is 6.20 Å². The van der Waals surface area contributed by atoms with Crippen molar-refractivity contribution in [1.82, 2.24) is 19.9 Å². The molecule has 5 nitrogen and oxygen atoms in total. The molecular weight excluding hydrogens is 286 g/mol. The molecule has 1 aliphatic carbocycles. The van der Waals surface area contributed by atoms with Crippen molar-refractivity contribution >= 4 is 5.82 Å². The van der Waals surface area contributed by atoms with Crippen LogP contribution in [0.5, 0.6) is 0 Å². The number of aromatic nitrogens is 4. The smallest absolute Gasteiger partial charge is 0.133 e. The molecule has 0 bridgehead atoms. The van der Waals surface area contributed by atoms with Gasteiger partial charge >= 0.3 is 0 Å². The van der Waals surface area contributed by atoms with Gasteiger partial charge < -0.3 is 10.3 Å². The molecular formula is C18H19N5. The minimum Gasteiger partial charge on any atom is -0.366 e. The van der Waals surface area contributed by atoms with Crippen LogP contribution < -0.4 is 5.32 Å². The van der Waals surface area contributed by atoms with Crippen molar-refractivity contribution in [3.05, 3.63) is 59.9 Å². The van der Waals surface area contributed by atoms with Crippen LogP contribution in [0.4, 0.5) is 5.82 Å². The summed E-state index contributed by atoms with van der Waals surface area (Å²) in [5.41, 5.74) is 5.92. The highest BCUT2D eigenvalue weighted by atomic mass is 15.0. The van der Waals surface area contributed by atoms with Crippen LogP contribution in [0.25, 0.3) is 11.3 Å². The second kappa shape index (κ2) is 6.20. The summed E-state index contributed by atoms with van der Waals surface area (Å²) in [6.07, 6.45) is 9.83. The van der Waals surface area contributed by atoms with Crippen molar-refractivity contribution in [2.75, 3.05) is 5.32 Å². The minimum absolute atomic E-state index is 0.771. The molecule has 116 valence electrons. The van der Waals surface area contributed by atoms with Gasteiger partial charge in [-0.2, -0.15) is 0 Å². The maximum absolute atomic E-state index is 4.43. The number of hydrogen-bond acceptors (Lipinski definition) is 4. The largest absolute Gasteiger partial charge is 0.366 e. The Kier molecular flexibility index (Phi) is 3.76. The Balaban J connectivity index is 1.47. The summed E-state index contributed by atoms with van der Waals surface area (Å²) in [5.74, 6) is 0.993. The quantitative estimate of drug-likeness (QED) is 0.775. The Bertz CT molecular complexity index is 778. The van der Waals surface area contributed by atoms with E-state index in [1.54, 1.807) is 12.7 Å². The number of benzene rings is 1. The fraction of sp³-hybridized carbons (Fsp3) is 0.278. The molecule has 23 heavy (non-hydrogen) atoms. The van der Waals surface area contributed by atoms with E-state index in [9.17, 15) is 0 Å². The topological polar surface area (TPSA) is 66.5 Å². The summed E-state index contributed by atoms with van der Waals surface area (Å²) in [6, 6.07) is 8.49. The van der Waals surface area contributed by atoms with Gasteiger partial charge in [0.15, 0.2) is 0 Å². The van der Waals surface area contributed by atoms with Gasteiger partial charge in [-0.15, -0.1) is 0 Å². The van der Waals surface area contributed by atoms with Crippen LogP contribution in [-0.2, 0) is 19.4 Å². The Labute approximate surface area is 135 Å². The van der Waals surface area contributed by atoms with Crippen LogP contribution in [0.1, 0.15) is 29.7 Å². The molecule has 0 amide bonds. The number of hydrogen-bond donors (Lipinski definition) is 2. The monoisotopic (exact) mass is 305 g/mol. The lowest BCUT2D eigenvalue weighted by Crippen LogP contribution is -2.12. The first-order valence-corrected chi connectivity index (χ1v) is 8.04. The van der Waals surface area contributed by atoms with Crippen LogP contribution in [-0.4, -0.2) is 19.9 Å². The second-order valence-electron chi connectivity index (χ2n) is 5.87. The Hall–Kier alpha value is -2.69. The number of nitrogens with zero attached hydrogens (tertiary/aromatic N) is 3. The Morgan fingerprint density at radius 2 is 1.91 bits per heavy atom. The molecule has 0 aliphatic heterocycles. The highest BCUT2D eigenvalue weighted by molar-refractivity contribution is 5.58. The van der Waals surface area contributed by atoms with Gasteiger partial charge in [0.1, 0.15) is 12.1 Å². The SMILES string of the molecule is c1nc2c(c(NCc3ccc(-c4cnc[nH]4)cc3)n1)CCCC2. The average molecular weight is 305 g/mol. The van der Waals surface area contributed by atoms with Crippen molar-refractivity contribution in [2.45, 2.75) is 32.2 Å². The van der Waals surface area contributed by atoms with Gasteiger partial charge in [-0.25, -0.2) is 15.0 Å². The van der Waals surface area contributed by atoms with Gasteiger partial charge in [0.2, 0.25) is 0 Å². The number of anilines is 1. The lowest BCUT2D eigenvalue weighted by atomic mass is 9.96. The first kappa shape index (κ1) is 13.9. The van der Waals surface area contributed by atoms with Gasteiger partial charge in [0.05, 0.1) is 18.2 Å². The first-order valence-electron chi connectivity index (χ1n) is 8.04. The predicted octanol–water partition coefficient (Wildman–Crippen LogP) is 3.36. The van der Waals surface area contributed by atoms with E-state index in [-0.39, 0.29) is 0 Å². The second-order valence-corrected chi connectivity index (χ2v) is 5.87. The van der Waals surface area contributed by atoms with Gasteiger partial charge in [0, 0.05) is 17.8 Å². The molecule has 0 unspecified atom stereocenters. The fourth-order valence-electron chi connectivity index (χ4n) is 3.08. The molecule has 5 heteroatoms. The zero-order valence-electron chi connectivity index (χ0n) is 12.9. The van der Waals surface area contributed by atoms with Crippen LogP contribution in [0, 0.1) is 0 Å². The van der Waals surface area contributed by atoms with Crippen molar-refractivity contribution < 1.29 is 0 Å². The van der Waals surface area contributed by atoms with Crippen LogP contribution >= 0.6 is 0 Å². The highest BCUT2D eigenvalue weighted by Crippen LogP contribution is 2.25. The lowest BCUT2D eigenvalue weighted by molar-refractivity contribution is 0.663. The van der Waals surface area contributed by atoms with E-state index >= 15 is 0 Å². The van der Waals surface area contributed by atoms with E-state index in [1.165, 1.54) is 29.7 Å². The van der Waals surface area contributed by atoms with Crippen molar-refractivity contribution in [1.29, 1.82) is 0 Å². The van der Waals surface area contributed by atoms with E-state index < -0.39 is 0 Å². The molecule has 0 atom stereocenters. The maximum Gasteiger partial charge on any atom is 0.133 e. The zero-order chi connectivity index (χ0) is 15.5. The van der Waals surface area contributed by atoms with E-state index in [0.29, 0.717) is 0 Å². The Morgan fingerprint density at radius 3 is 2.74 bits per heavy atom. The van der Waals surface area contributed by atoms with Gasteiger partial charge in [-0.05, 0) is 36.8 Å². The number of H-pyrrole nitrogens is 1. The average Bonchev–Trinajstić information content (AvgIpc) is 3.15. The van der Waals surface area contributed by atoms with Crippen molar-refractivity contribution in [3.63, 3.8) is 0 Å². The molecule has 0 spiro atoms. The first-order chi connectivity index (χ1) is 11.4.